The zero-order valence-corrected chi connectivity index (χ0v) is 14.5. The largest absolute Gasteiger partial charge is 0.312 e. The molecule has 0 fully saturated rings. The Labute approximate surface area is 127 Å². The summed E-state index contributed by atoms with van der Waals surface area (Å²) in [6.07, 6.45) is 3.08. The van der Waals surface area contributed by atoms with Crippen LogP contribution >= 0.6 is 11.3 Å². The highest BCUT2D eigenvalue weighted by Crippen LogP contribution is 2.28. The summed E-state index contributed by atoms with van der Waals surface area (Å²) >= 11 is 1.38. The van der Waals surface area contributed by atoms with Crippen LogP contribution in [0.5, 0.6) is 0 Å². The quantitative estimate of drug-likeness (QED) is 0.712. The van der Waals surface area contributed by atoms with Gasteiger partial charge in [-0.15, -0.1) is 11.3 Å². The minimum Gasteiger partial charge on any atom is -0.312 e. The number of nitrogens with zero attached hydrogens (tertiary/aromatic N) is 1. The van der Waals surface area contributed by atoms with E-state index in [0.29, 0.717) is 10.8 Å². The molecule has 0 spiro atoms. The number of nitrogens with one attached hydrogen (secondary N) is 1. The molecular formula is C14H26N2O2S2. The highest BCUT2D eigenvalue weighted by atomic mass is 32.2. The number of unbranched alkanes of at least 4 members (excludes halogenated alkanes) is 2. The first-order chi connectivity index (χ1) is 9.43. The number of thiophene rings is 1. The zero-order valence-electron chi connectivity index (χ0n) is 12.9. The number of hydrogen-bond acceptors (Lipinski definition) is 4. The third kappa shape index (κ3) is 4.55. The van der Waals surface area contributed by atoms with Crippen LogP contribution in [-0.4, -0.2) is 32.9 Å². The summed E-state index contributed by atoms with van der Waals surface area (Å²) in [5, 5.41) is 3.24. The molecule has 0 saturated carbocycles. The highest BCUT2D eigenvalue weighted by Gasteiger charge is 2.23. The van der Waals surface area contributed by atoms with Gasteiger partial charge in [-0.3, -0.25) is 0 Å². The van der Waals surface area contributed by atoms with Gasteiger partial charge in [-0.05, 0) is 31.5 Å². The SMILES string of the molecule is CCCCCN(C)S(=O)(=O)c1cc(C)c(CNCC)s1. The second-order valence-electron chi connectivity index (χ2n) is 4.99. The summed E-state index contributed by atoms with van der Waals surface area (Å²) in [6, 6.07) is 1.79. The van der Waals surface area contributed by atoms with Gasteiger partial charge >= 0.3 is 0 Å². The molecule has 0 atom stereocenters. The monoisotopic (exact) mass is 318 g/mol. The third-order valence-electron chi connectivity index (χ3n) is 3.27. The van der Waals surface area contributed by atoms with Crippen molar-refractivity contribution in [2.24, 2.45) is 0 Å². The lowest BCUT2D eigenvalue weighted by Crippen LogP contribution is -2.27. The molecule has 0 amide bonds. The Morgan fingerprint density at radius 2 is 2.00 bits per heavy atom. The van der Waals surface area contributed by atoms with E-state index in [0.717, 1.165) is 42.8 Å². The van der Waals surface area contributed by atoms with E-state index in [9.17, 15) is 8.42 Å². The molecule has 1 rings (SSSR count). The van der Waals surface area contributed by atoms with Gasteiger partial charge in [0.2, 0.25) is 0 Å². The van der Waals surface area contributed by atoms with Crippen LogP contribution in [0.3, 0.4) is 0 Å². The van der Waals surface area contributed by atoms with Crippen molar-refractivity contribution < 1.29 is 8.42 Å². The fourth-order valence-electron chi connectivity index (χ4n) is 1.89. The van der Waals surface area contributed by atoms with E-state index in [-0.39, 0.29) is 0 Å². The lowest BCUT2D eigenvalue weighted by Gasteiger charge is -2.15. The minimum atomic E-state index is -3.32. The van der Waals surface area contributed by atoms with Crippen LogP contribution in [0, 0.1) is 6.92 Å². The standard InChI is InChI=1S/C14H26N2O2S2/c1-5-7-8-9-16(4)20(17,18)14-10-12(3)13(19-14)11-15-6-2/h10,15H,5-9,11H2,1-4H3. The fourth-order valence-corrected chi connectivity index (χ4v) is 4.87. The lowest BCUT2D eigenvalue weighted by atomic mass is 10.2. The van der Waals surface area contributed by atoms with Crippen molar-refractivity contribution in [1.29, 1.82) is 0 Å². The van der Waals surface area contributed by atoms with Gasteiger partial charge in [-0.1, -0.05) is 26.7 Å². The smallest absolute Gasteiger partial charge is 0.252 e. The molecule has 1 N–H and O–H groups in total. The number of sulfonamides is 1. The first-order valence-electron chi connectivity index (χ1n) is 7.19. The molecule has 20 heavy (non-hydrogen) atoms. The van der Waals surface area contributed by atoms with Crippen LogP contribution in [0.15, 0.2) is 10.3 Å². The topological polar surface area (TPSA) is 49.4 Å². The highest BCUT2D eigenvalue weighted by molar-refractivity contribution is 7.91. The Balaban J connectivity index is 2.81. The van der Waals surface area contributed by atoms with Gasteiger partial charge in [0.1, 0.15) is 4.21 Å². The van der Waals surface area contributed by atoms with Crippen molar-refractivity contribution in [2.45, 2.75) is 50.8 Å². The van der Waals surface area contributed by atoms with E-state index in [1.165, 1.54) is 15.6 Å². The minimum absolute atomic E-state index is 0.460. The van der Waals surface area contributed by atoms with Gasteiger partial charge < -0.3 is 5.32 Å². The number of aryl methyl sites for hydroxylation is 1. The van der Waals surface area contributed by atoms with E-state index in [4.69, 9.17) is 0 Å². The fraction of sp³-hybridized carbons (Fsp3) is 0.714. The van der Waals surface area contributed by atoms with Crippen molar-refractivity contribution in [2.75, 3.05) is 20.1 Å². The van der Waals surface area contributed by atoms with E-state index in [1.54, 1.807) is 13.1 Å². The van der Waals surface area contributed by atoms with E-state index < -0.39 is 10.0 Å². The lowest BCUT2D eigenvalue weighted by molar-refractivity contribution is 0.455. The van der Waals surface area contributed by atoms with Crippen LogP contribution in [0.2, 0.25) is 0 Å². The summed E-state index contributed by atoms with van der Waals surface area (Å²) in [6.45, 7) is 8.35. The Morgan fingerprint density at radius 3 is 2.60 bits per heavy atom. The Morgan fingerprint density at radius 1 is 1.30 bits per heavy atom. The normalized spacial score (nSPS) is 12.2. The van der Waals surface area contributed by atoms with Gasteiger partial charge in [0.15, 0.2) is 0 Å². The predicted octanol–water partition coefficient (Wildman–Crippen LogP) is 2.98. The average Bonchev–Trinajstić information content (AvgIpc) is 2.78. The molecule has 0 bridgehead atoms. The van der Waals surface area contributed by atoms with Crippen molar-refractivity contribution in [1.82, 2.24) is 9.62 Å². The maximum absolute atomic E-state index is 12.5. The summed E-state index contributed by atoms with van der Waals surface area (Å²) in [4.78, 5) is 1.10. The molecule has 0 saturated heterocycles. The molecular weight excluding hydrogens is 292 g/mol. The molecule has 6 heteroatoms. The molecule has 0 aliphatic rings. The van der Waals surface area contributed by atoms with Gasteiger partial charge in [0.05, 0.1) is 0 Å². The van der Waals surface area contributed by atoms with Crippen LogP contribution < -0.4 is 5.32 Å². The van der Waals surface area contributed by atoms with Crippen LogP contribution in [-0.2, 0) is 16.6 Å². The molecule has 1 aromatic rings. The van der Waals surface area contributed by atoms with Gasteiger partial charge in [0, 0.05) is 25.0 Å². The molecule has 0 aliphatic carbocycles. The second-order valence-corrected chi connectivity index (χ2v) is 8.39. The van der Waals surface area contributed by atoms with Crippen molar-refractivity contribution in [3.05, 3.63) is 16.5 Å². The second kappa shape index (κ2) is 8.12. The Hall–Kier alpha value is -0.430. The first kappa shape index (κ1) is 17.6. The molecule has 0 aromatic carbocycles. The van der Waals surface area contributed by atoms with E-state index >= 15 is 0 Å². The molecule has 1 aromatic heterocycles. The first-order valence-corrected chi connectivity index (χ1v) is 9.45. The maximum Gasteiger partial charge on any atom is 0.252 e. The maximum atomic E-state index is 12.5. The summed E-state index contributed by atoms with van der Waals surface area (Å²) < 4.78 is 26.9. The van der Waals surface area contributed by atoms with Gasteiger partial charge in [-0.2, -0.15) is 0 Å². The predicted molar refractivity (Wildman–Crippen MR) is 85.8 cm³/mol. The molecule has 0 radical (unpaired) electrons. The third-order valence-corrected chi connectivity index (χ3v) is 6.82. The summed E-state index contributed by atoms with van der Waals surface area (Å²) in [5.41, 5.74) is 1.05. The molecule has 0 aliphatic heterocycles. The Kier molecular flexibility index (Phi) is 7.15. The number of rotatable bonds is 9. The van der Waals surface area contributed by atoms with E-state index in [1.807, 2.05) is 13.8 Å². The molecule has 4 nitrogen and oxygen atoms in total. The van der Waals surface area contributed by atoms with Crippen molar-refractivity contribution in [3.8, 4) is 0 Å². The van der Waals surface area contributed by atoms with Gasteiger partial charge in [-0.25, -0.2) is 12.7 Å². The molecule has 116 valence electrons. The van der Waals surface area contributed by atoms with E-state index in [2.05, 4.69) is 12.2 Å². The van der Waals surface area contributed by atoms with Crippen LogP contribution in [0.4, 0.5) is 0 Å². The van der Waals surface area contributed by atoms with Crippen molar-refractivity contribution >= 4 is 21.4 Å². The van der Waals surface area contributed by atoms with Gasteiger partial charge in [0.25, 0.3) is 10.0 Å². The van der Waals surface area contributed by atoms with Crippen LogP contribution in [0.25, 0.3) is 0 Å². The Bertz CT molecular complexity index is 509. The van der Waals surface area contributed by atoms with Crippen molar-refractivity contribution in [3.63, 3.8) is 0 Å². The zero-order chi connectivity index (χ0) is 15.2. The number of hydrogen-bond donors (Lipinski definition) is 1. The average molecular weight is 319 g/mol. The molecule has 0 unspecified atom stereocenters. The summed E-state index contributed by atoms with van der Waals surface area (Å²) in [7, 11) is -1.65. The summed E-state index contributed by atoms with van der Waals surface area (Å²) in [5.74, 6) is 0. The van der Waals surface area contributed by atoms with Crippen LogP contribution in [0.1, 0.15) is 43.6 Å². The molecule has 1 heterocycles.